The minimum atomic E-state index is -1.97. The van der Waals surface area contributed by atoms with Crippen LogP contribution in [0.15, 0.2) is 30.3 Å². The van der Waals surface area contributed by atoms with Crippen molar-refractivity contribution >= 4 is 17.0 Å². The number of nitrogens with two attached hydrogens (primary N) is 1. The molecule has 5 nitrogen and oxygen atoms in total. The lowest BCUT2D eigenvalue weighted by Crippen LogP contribution is -2.02. The maximum Gasteiger partial charge on any atom is 0.304 e. The molecule has 0 fully saturated rings. The molecule has 1 atom stereocenters. The summed E-state index contributed by atoms with van der Waals surface area (Å²) in [6.45, 7) is 0.740. The quantitative estimate of drug-likeness (QED) is 0.681. The smallest absolute Gasteiger partial charge is 0.304 e. The number of carbonyl (C=O) groups is 1. The number of rotatable bonds is 5. The van der Waals surface area contributed by atoms with Gasteiger partial charge in [-0.15, -0.1) is 0 Å². The van der Waals surface area contributed by atoms with E-state index < -0.39 is 17.0 Å². The normalized spacial score (nSPS) is 11.2. The van der Waals surface area contributed by atoms with Crippen molar-refractivity contribution in [3.63, 3.8) is 0 Å². The average Bonchev–Trinajstić information content (AvgIpc) is 2.29. The molecule has 1 unspecified atom stereocenters. The van der Waals surface area contributed by atoms with Crippen LogP contribution in [0.5, 0.6) is 0 Å². The Bertz CT molecular complexity index is 329. The number of carboxylic acids is 1. The molecule has 4 N–H and O–H groups in total. The van der Waals surface area contributed by atoms with Gasteiger partial charge in [0.2, 0.25) is 0 Å². The summed E-state index contributed by atoms with van der Waals surface area (Å²) in [6.07, 6.45) is 0.740. The molecule has 0 radical (unpaired) electrons. The Morgan fingerprint density at radius 2 is 1.88 bits per heavy atom. The lowest BCUT2D eigenvalue weighted by molar-refractivity contribution is -0.136. The topological polar surface area (TPSA) is 101 Å². The molecule has 1 aromatic rings. The van der Waals surface area contributed by atoms with Crippen LogP contribution >= 0.6 is 0 Å². The monoisotopic (exact) mass is 259 g/mol. The first-order valence-electron chi connectivity index (χ1n) is 5.09. The van der Waals surface area contributed by atoms with E-state index in [9.17, 15) is 9.00 Å². The van der Waals surface area contributed by atoms with Crippen LogP contribution in [0.4, 0.5) is 0 Å². The number of aliphatic carboxylic acids is 1. The van der Waals surface area contributed by atoms with Gasteiger partial charge in [0, 0.05) is 0 Å². The summed E-state index contributed by atoms with van der Waals surface area (Å²) in [5.74, 6) is -1.23. The van der Waals surface area contributed by atoms with Crippen molar-refractivity contribution in [2.45, 2.75) is 12.8 Å². The lowest BCUT2D eigenvalue weighted by atomic mass is 10.2. The van der Waals surface area contributed by atoms with E-state index >= 15 is 0 Å². The third-order valence-corrected chi connectivity index (χ3v) is 2.32. The zero-order valence-electron chi connectivity index (χ0n) is 9.41. The molecule has 0 aliphatic heterocycles. The lowest BCUT2D eigenvalue weighted by Gasteiger charge is -1.93. The van der Waals surface area contributed by atoms with Crippen LogP contribution in [-0.2, 0) is 22.3 Å². The Morgan fingerprint density at radius 3 is 2.24 bits per heavy atom. The second-order valence-corrected chi connectivity index (χ2v) is 4.24. The molecule has 96 valence electrons. The standard InChI is InChI=1S/C8H11N.C3H6O4S/c9-7-6-8-4-2-1-3-5-8;4-3(5)1-2-8(6)7/h1-5H,6-7,9H2;1-2H2,(H,4,5)(H,6,7). The first kappa shape index (κ1) is 15.8. The van der Waals surface area contributed by atoms with Crippen LogP contribution in [0.1, 0.15) is 12.0 Å². The van der Waals surface area contributed by atoms with Gasteiger partial charge in [-0.2, -0.15) is 0 Å². The third kappa shape index (κ3) is 11.0. The largest absolute Gasteiger partial charge is 0.481 e. The predicted molar refractivity (Wildman–Crippen MR) is 67.1 cm³/mol. The van der Waals surface area contributed by atoms with Gasteiger partial charge in [-0.25, -0.2) is 4.21 Å². The van der Waals surface area contributed by atoms with Crippen molar-refractivity contribution in [1.29, 1.82) is 0 Å². The van der Waals surface area contributed by atoms with Gasteiger partial charge in [-0.05, 0) is 18.5 Å². The molecule has 1 rings (SSSR count). The van der Waals surface area contributed by atoms with E-state index in [0.717, 1.165) is 13.0 Å². The maximum atomic E-state index is 9.75. The Balaban J connectivity index is 0.000000304. The predicted octanol–water partition coefficient (Wildman–Crippen LogP) is 0.871. The summed E-state index contributed by atoms with van der Waals surface area (Å²) in [6, 6.07) is 10.3. The summed E-state index contributed by atoms with van der Waals surface area (Å²) in [7, 11) is 0. The van der Waals surface area contributed by atoms with E-state index in [1.165, 1.54) is 5.56 Å². The molecule has 0 aliphatic rings. The molecule has 0 bridgehead atoms. The van der Waals surface area contributed by atoms with Crippen LogP contribution in [0.3, 0.4) is 0 Å². The van der Waals surface area contributed by atoms with Crippen molar-refractivity contribution in [3.05, 3.63) is 35.9 Å². The van der Waals surface area contributed by atoms with Crippen LogP contribution in [0.2, 0.25) is 0 Å². The molecule has 0 aromatic heterocycles. The molecule has 1 aromatic carbocycles. The van der Waals surface area contributed by atoms with Crippen molar-refractivity contribution in [1.82, 2.24) is 0 Å². The maximum absolute atomic E-state index is 9.75. The Morgan fingerprint density at radius 1 is 1.29 bits per heavy atom. The molecule has 17 heavy (non-hydrogen) atoms. The van der Waals surface area contributed by atoms with Crippen molar-refractivity contribution in [3.8, 4) is 0 Å². The summed E-state index contributed by atoms with van der Waals surface area (Å²) < 4.78 is 17.8. The molecule has 0 saturated heterocycles. The molecular formula is C11H17NO4S. The molecule has 0 amide bonds. The first-order valence-corrected chi connectivity index (χ1v) is 6.37. The Labute approximate surface area is 103 Å². The fraction of sp³-hybridized carbons (Fsp3) is 0.364. The minimum absolute atomic E-state index is 0.185. The zero-order valence-corrected chi connectivity index (χ0v) is 10.2. The number of benzene rings is 1. The highest BCUT2D eigenvalue weighted by Gasteiger charge is 1.98. The average molecular weight is 259 g/mol. The van der Waals surface area contributed by atoms with Gasteiger partial charge >= 0.3 is 5.97 Å². The SMILES string of the molecule is NCCc1ccccc1.O=C(O)CCS(=O)O. The molecule has 0 spiro atoms. The van der Waals surface area contributed by atoms with Gasteiger partial charge in [0.05, 0.1) is 12.2 Å². The van der Waals surface area contributed by atoms with Gasteiger partial charge in [0.15, 0.2) is 11.1 Å². The van der Waals surface area contributed by atoms with E-state index in [2.05, 4.69) is 12.1 Å². The van der Waals surface area contributed by atoms with Crippen LogP contribution in [0.25, 0.3) is 0 Å². The van der Waals surface area contributed by atoms with E-state index in [1.807, 2.05) is 18.2 Å². The van der Waals surface area contributed by atoms with Crippen molar-refractivity contribution < 1.29 is 18.7 Å². The van der Waals surface area contributed by atoms with Crippen molar-refractivity contribution in [2.75, 3.05) is 12.3 Å². The second-order valence-electron chi connectivity index (χ2n) is 3.19. The van der Waals surface area contributed by atoms with Gasteiger partial charge in [0.25, 0.3) is 0 Å². The van der Waals surface area contributed by atoms with Gasteiger partial charge in [-0.1, -0.05) is 30.3 Å². The van der Waals surface area contributed by atoms with Gasteiger partial charge < -0.3 is 15.4 Å². The summed E-state index contributed by atoms with van der Waals surface area (Å²) in [4.78, 5) is 9.66. The zero-order chi connectivity index (χ0) is 13.1. The van der Waals surface area contributed by atoms with Crippen molar-refractivity contribution in [2.24, 2.45) is 5.73 Å². The van der Waals surface area contributed by atoms with E-state index in [1.54, 1.807) is 0 Å². The van der Waals surface area contributed by atoms with Crippen LogP contribution in [0, 0.1) is 0 Å². The van der Waals surface area contributed by atoms with E-state index in [-0.39, 0.29) is 12.2 Å². The van der Waals surface area contributed by atoms with E-state index in [0.29, 0.717) is 0 Å². The molecule has 0 saturated carbocycles. The summed E-state index contributed by atoms with van der Waals surface area (Å²) in [5.41, 5.74) is 6.68. The van der Waals surface area contributed by atoms with Crippen LogP contribution in [-0.4, -0.2) is 32.1 Å². The van der Waals surface area contributed by atoms with Gasteiger partial charge in [0.1, 0.15) is 0 Å². The summed E-state index contributed by atoms with van der Waals surface area (Å²) >= 11 is -1.97. The van der Waals surface area contributed by atoms with Gasteiger partial charge in [-0.3, -0.25) is 4.79 Å². The molecule has 0 heterocycles. The number of hydrogen-bond donors (Lipinski definition) is 3. The fourth-order valence-electron chi connectivity index (χ4n) is 0.986. The highest BCUT2D eigenvalue weighted by molar-refractivity contribution is 7.79. The fourth-order valence-corrected chi connectivity index (χ4v) is 1.34. The van der Waals surface area contributed by atoms with Crippen LogP contribution < -0.4 is 5.73 Å². The second kappa shape index (κ2) is 9.95. The highest BCUT2D eigenvalue weighted by Crippen LogP contribution is 1.96. The Hall–Kier alpha value is -1.24. The Kier molecular flexibility index (Phi) is 9.22. The third-order valence-electron chi connectivity index (χ3n) is 1.77. The summed E-state index contributed by atoms with van der Waals surface area (Å²) in [5, 5.41) is 7.92. The first-order chi connectivity index (χ1) is 8.06. The minimum Gasteiger partial charge on any atom is -0.481 e. The number of carboxylic acid groups (broad SMARTS) is 1. The molecule has 6 heteroatoms. The molecule has 0 aliphatic carbocycles. The highest BCUT2D eigenvalue weighted by atomic mass is 32.2. The van der Waals surface area contributed by atoms with E-state index in [4.69, 9.17) is 15.4 Å². The number of hydrogen-bond acceptors (Lipinski definition) is 3. The molecular weight excluding hydrogens is 242 g/mol.